The maximum Gasteiger partial charge on any atom is 0.168 e. The van der Waals surface area contributed by atoms with Gasteiger partial charge in [0.25, 0.3) is 0 Å². The van der Waals surface area contributed by atoms with Crippen LogP contribution in [-0.4, -0.2) is 10.8 Å². The van der Waals surface area contributed by atoms with E-state index >= 15 is 0 Å². The van der Waals surface area contributed by atoms with Crippen molar-refractivity contribution in [1.82, 2.24) is 4.98 Å². The molecule has 0 spiro atoms. The summed E-state index contributed by atoms with van der Waals surface area (Å²) < 4.78 is 0. The third-order valence-corrected chi connectivity index (χ3v) is 4.69. The number of carbonyl (C=O) groups excluding carboxylic acids is 1. The Kier molecular flexibility index (Phi) is 2.11. The van der Waals surface area contributed by atoms with Gasteiger partial charge in [0.15, 0.2) is 5.78 Å². The van der Waals surface area contributed by atoms with Gasteiger partial charge in [0.1, 0.15) is 0 Å². The average molecular weight is 250 g/mol. The van der Waals surface area contributed by atoms with Gasteiger partial charge in [-0.2, -0.15) is 5.26 Å². The Morgan fingerprint density at radius 2 is 2.05 bits per heavy atom. The van der Waals surface area contributed by atoms with E-state index in [1.807, 2.05) is 12.1 Å². The minimum Gasteiger partial charge on any atom is -0.360 e. The fraction of sp³-hybridized carbons (Fsp3) is 0.375. The summed E-state index contributed by atoms with van der Waals surface area (Å²) in [7, 11) is 0. The quantitative estimate of drug-likeness (QED) is 0.831. The number of nitriles is 1. The monoisotopic (exact) mass is 250 g/mol. The molecule has 2 fully saturated rings. The predicted octanol–water partition coefficient (Wildman–Crippen LogP) is 3.27. The zero-order valence-electron chi connectivity index (χ0n) is 10.5. The van der Waals surface area contributed by atoms with Crippen molar-refractivity contribution in [3.63, 3.8) is 0 Å². The average Bonchev–Trinajstić information content (AvgIpc) is 2.89. The lowest BCUT2D eigenvalue weighted by Crippen LogP contribution is -2.12. The maximum atomic E-state index is 12.6. The summed E-state index contributed by atoms with van der Waals surface area (Å²) in [6, 6.07) is 7.60. The lowest BCUT2D eigenvalue weighted by Gasteiger charge is -2.09. The molecule has 1 aromatic carbocycles. The first-order chi connectivity index (χ1) is 9.26. The molecule has 2 aliphatic rings. The molecule has 2 atom stereocenters. The van der Waals surface area contributed by atoms with E-state index in [-0.39, 0.29) is 11.7 Å². The Morgan fingerprint density at radius 3 is 2.79 bits per heavy atom. The summed E-state index contributed by atoms with van der Waals surface area (Å²) in [5, 5.41) is 9.86. The molecule has 0 radical (unpaired) electrons. The largest absolute Gasteiger partial charge is 0.360 e. The van der Waals surface area contributed by atoms with Gasteiger partial charge in [-0.3, -0.25) is 4.79 Å². The van der Waals surface area contributed by atoms with Crippen molar-refractivity contribution >= 4 is 16.7 Å². The molecule has 3 heteroatoms. The van der Waals surface area contributed by atoms with Crippen LogP contribution in [0, 0.1) is 29.1 Å². The van der Waals surface area contributed by atoms with Crippen LogP contribution in [0.25, 0.3) is 10.9 Å². The summed E-state index contributed by atoms with van der Waals surface area (Å²) in [6.07, 6.45) is 5.26. The van der Waals surface area contributed by atoms with E-state index in [0.29, 0.717) is 5.56 Å². The van der Waals surface area contributed by atoms with Crippen molar-refractivity contribution in [2.24, 2.45) is 17.8 Å². The van der Waals surface area contributed by atoms with Crippen LogP contribution in [-0.2, 0) is 0 Å². The van der Waals surface area contributed by atoms with Gasteiger partial charge in [-0.1, -0.05) is 0 Å². The number of benzene rings is 1. The van der Waals surface area contributed by atoms with Crippen molar-refractivity contribution < 1.29 is 4.79 Å². The molecule has 1 heterocycles. The van der Waals surface area contributed by atoms with Crippen molar-refractivity contribution in [1.29, 1.82) is 5.26 Å². The van der Waals surface area contributed by atoms with E-state index < -0.39 is 0 Å². The minimum absolute atomic E-state index is 0.202. The van der Waals surface area contributed by atoms with E-state index in [2.05, 4.69) is 11.1 Å². The third kappa shape index (κ3) is 1.60. The number of rotatable bonds is 2. The van der Waals surface area contributed by atoms with Crippen LogP contribution < -0.4 is 0 Å². The van der Waals surface area contributed by atoms with E-state index in [4.69, 9.17) is 5.26 Å². The molecule has 1 aromatic heterocycles. The summed E-state index contributed by atoms with van der Waals surface area (Å²) in [4.78, 5) is 15.7. The predicted molar refractivity (Wildman–Crippen MR) is 71.7 cm³/mol. The number of Topliss-reactive ketones (excluding diaryl/α,β-unsaturated/α-hetero) is 1. The zero-order valence-corrected chi connectivity index (χ0v) is 10.5. The van der Waals surface area contributed by atoms with E-state index in [0.717, 1.165) is 41.1 Å². The van der Waals surface area contributed by atoms with Crippen LogP contribution in [0.5, 0.6) is 0 Å². The Bertz CT molecular complexity index is 712. The highest BCUT2D eigenvalue weighted by molar-refractivity contribution is 6.09. The number of carbonyl (C=O) groups is 1. The molecule has 0 aliphatic heterocycles. The van der Waals surface area contributed by atoms with Gasteiger partial charge < -0.3 is 4.98 Å². The van der Waals surface area contributed by atoms with Crippen LogP contribution in [0.3, 0.4) is 0 Å². The highest BCUT2D eigenvalue weighted by atomic mass is 16.1. The molecule has 2 unspecified atom stereocenters. The number of aromatic nitrogens is 1. The lowest BCUT2D eigenvalue weighted by molar-refractivity contribution is 0.0916. The first-order valence-corrected chi connectivity index (χ1v) is 6.81. The number of nitrogens with one attached hydrogen (secondary N) is 1. The van der Waals surface area contributed by atoms with Crippen molar-refractivity contribution in [3.05, 3.63) is 35.5 Å². The Labute approximate surface area is 111 Å². The normalized spacial score (nSPS) is 28.1. The maximum absolute atomic E-state index is 12.6. The van der Waals surface area contributed by atoms with Crippen molar-refractivity contribution in [2.45, 2.75) is 19.3 Å². The van der Waals surface area contributed by atoms with Crippen LogP contribution >= 0.6 is 0 Å². The molecule has 2 aliphatic carbocycles. The van der Waals surface area contributed by atoms with Crippen LogP contribution in [0.4, 0.5) is 0 Å². The summed E-state index contributed by atoms with van der Waals surface area (Å²) in [5.74, 6) is 2.09. The Balaban J connectivity index is 1.74. The van der Waals surface area contributed by atoms with E-state index in [1.54, 1.807) is 12.3 Å². The number of nitrogens with zero attached hydrogens (tertiary/aromatic N) is 1. The highest BCUT2D eigenvalue weighted by Crippen LogP contribution is 2.55. The van der Waals surface area contributed by atoms with Gasteiger partial charge in [-0.15, -0.1) is 0 Å². The molecular weight excluding hydrogens is 236 g/mol. The van der Waals surface area contributed by atoms with Crippen LogP contribution in [0.15, 0.2) is 24.4 Å². The Hall–Kier alpha value is -2.08. The molecule has 0 saturated heterocycles. The van der Waals surface area contributed by atoms with E-state index in [9.17, 15) is 4.79 Å². The SMILES string of the molecule is N#Cc1ccc2[nH]cc(C(=O)C3CC4CC4C3)c2c1. The third-order valence-electron chi connectivity index (χ3n) is 4.69. The Morgan fingerprint density at radius 1 is 1.26 bits per heavy atom. The molecule has 2 saturated carbocycles. The number of fused-ring (bicyclic) bond motifs is 2. The smallest absolute Gasteiger partial charge is 0.168 e. The van der Waals surface area contributed by atoms with Crippen LogP contribution in [0.2, 0.25) is 0 Å². The second-order valence-corrected chi connectivity index (χ2v) is 5.86. The lowest BCUT2D eigenvalue weighted by atomic mass is 9.93. The van der Waals surface area contributed by atoms with Gasteiger partial charge in [0, 0.05) is 28.6 Å². The minimum atomic E-state index is 0.202. The zero-order chi connectivity index (χ0) is 13.0. The molecule has 0 amide bonds. The standard InChI is InChI=1S/C16H14N2O/c17-7-9-1-2-15-13(3-9)14(8-18-15)16(19)12-5-10-4-11(10)6-12/h1-3,8,10-12,18H,4-6H2. The molecular formula is C16H14N2O. The molecule has 2 aromatic rings. The second-order valence-electron chi connectivity index (χ2n) is 5.86. The highest BCUT2D eigenvalue weighted by Gasteiger charge is 2.48. The molecule has 0 bridgehead atoms. The summed E-state index contributed by atoms with van der Waals surface area (Å²) in [5.41, 5.74) is 2.30. The number of hydrogen-bond donors (Lipinski definition) is 1. The summed E-state index contributed by atoms with van der Waals surface area (Å²) >= 11 is 0. The first-order valence-electron chi connectivity index (χ1n) is 6.81. The van der Waals surface area contributed by atoms with Gasteiger partial charge in [0.05, 0.1) is 11.6 Å². The number of hydrogen-bond acceptors (Lipinski definition) is 2. The first kappa shape index (κ1) is 10.8. The van der Waals surface area contributed by atoms with Gasteiger partial charge in [-0.25, -0.2) is 0 Å². The second kappa shape index (κ2) is 3.71. The van der Waals surface area contributed by atoms with Crippen molar-refractivity contribution in [2.75, 3.05) is 0 Å². The molecule has 3 nitrogen and oxygen atoms in total. The van der Waals surface area contributed by atoms with Gasteiger partial charge >= 0.3 is 0 Å². The van der Waals surface area contributed by atoms with E-state index in [1.165, 1.54) is 6.42 Å². The molecule has 1 N–H and O–H groups in total. The van der Waals surface area contributed by atoms with Crippen LogP contribution in [0.1, 0.15) is 35.2 Å². The van der Waals surface area contributed by atoms with Gasteiger partial charge in [0.2, 0.25) is 0 Å². The molecule has 94 valence electrons. The number of H-pyrrole nitrogens is 1. The molecule has 19 heavy (non-hydrogen) atoms. The number of aromatic amines is 1. The van der Waals surface area contributed by atoms with Gasteiger partial charge in [-0.05, 0) is 49.3 Å². The molecule has 4 rings (SSSR count). The number of ketones is 1. The van der Waals surface area contributed by atoms with Crippen molar-refractivity contribution in [3.8, 4) is 6.07 Å². The topological polar surface area (TPSA) is 56.6 Å². The fourth-order valence-corrected chi connectivity index (χ4v) is 3.54. The summed E-state index contributed by atoms with van der Waals surface area (Å²) in [6.45, 7) is 0. The fourth-order valence-electron chi connectivity index (χ4n) is 3.54.